The topological polar surface area (TPSA) is 104 Å². The van der Waals surface area contributed by atoms with Crippen LogP contribution in [0.3, 0.4) is 0 Å². The quantitative estimate of drug-likeness (QED) is 0.600. The van der Waals surface area contributed by atoms with Gasteiger partial charge in [-0.3, -0.25) is 9.69 Å². The molecule has 0 bridgehead atoms. The average molecular weight is 377 g/mol. The molecule has 1 atom stereocenters. The molecule has 1 heterocycles. The molecule has 2 rings (SSSR count). The molecule has 1 aromatic rings. The Hall–Kier alpha value is -2.67. The van der Waals surface area contributed by atoms with Gasteiger partial charge in [-0.25, -0.2) is 9.59 Å². The van der Waals surface area contributed by atoms with Gasteiger partial charge in [-0.15, -0.1) is 0 Å². The van der Waals surface area contributed by atoms with Crippen LogP contribution in [0.1, 0.15) is 26.3 Å². The fraction of sp³-hybridized carbons (Fsp3) is 0.450. The fourth-order valence-corrected chi connectivity index (χ4v) is 2.56. The zero-order valence-electron chi connectivity index (χ0n) is 15.9. The van der Waals surface area contributed by atoms with E-state index in [9.17, 15) is 4.79 Å². The van der Waals surface area contributed by atoms with Crippen molar-refractivity contribution < 1.29 is 29.3 Å². The Kier molecular flexibility index (Phi) is 9.22. The van der Waals surface area contributed by atoms with Crippen molar-refractivity contribution in [3.05, 3.63) is 42.0 Å². The lowest BCUT2D eigenvalue weighted by Gasteiger charge is -2.31. The Labute approximate surface area is 159 Å². The SMILES string of the molecule is CCN1CC=C(c2ccccc2)C(C(=O)OCC(C)C)C1.O=C(O)C(=O)O. The van der Waals surface area contributed by atoms with Gasteiger partial charge in [-0.2, -0.15) is 0 Å². The minimum atomic E-state index is -1.82. The first-order valence-corrected chi connectivity index (χ1v) is 8.86. The Bertz CT molecular complexity index is 656. The number of carboxylic acids is 2. The van der Waals surface area contributed by atoms with Crippen LogP contribution in [0.4, 0.5) is 0 Å². The second-order valence-corrected chi connectivity index (χ2v) is 6.56. The van der Waals surface area contributed by atoms with Crippen LogP contribution in [0.15, 0.2) is 36.4 Å². The summed E-state index contributed by atoms with van der Waals surface area (Å²) in [7, 11) is 0. The summed E-state index contributed by atoms with van der Waals surface area (Å²) in [5.74, 6) is -3.56. The molecule has 2 N–H and O–H groups in total. The molecule has 1 unspecified atom stereocenters. The Morgan fingerprint density at radius 2 is 1.74 bits per heavy atom. The van der Waals surface area contributed by atoms with Gasteiger partial charge in [0.2, 0.25) is 0 Å². The van der Waals surface area contributed by atoms with E-state index < -0.39 is 11.9 Å². The maximum Gasteiger partial charge on any atom is 0.414 e. The molecule has 1 aliphatic heterocycles. The number of hydrogen-bond donors (Lipinski definition) is 2. The van der Waals surface area contributed by atoms with Crippen molar-refractivity contribution >= 4 is 23.5 Å². The van der Waals surface area contributed by atoms with Crippen LogP contribution in [0.5, 0.6) is 0 Å². The number of rotatable bonds is 5. The number of carbonyl (C=O) groups is 3. The normalized spacial score (nSPS) is 16.7. The van der Waals surface area contributed by atoms with Crippen LogP contribution < -0.4 is 0 Å². The summed E-state index contributed by atoms with van der Waals surface area (Å²) >= 11 is 0. The van der Waals surface area contributed by atoms with Crippen LogP contribution >= 0.6 is 0 Å². The van der Waals surface area contributed by atoms with Crippen molar-refractivity contribution in [3.8, 4) is 0 Å². The van der Waals surface area contributed by atoms with Crippen LogP contribution in [-0.2, 0) is 19.1 Å². The summed E-state index contributed by atoms with van der Waals surface area (Å²) in [5.41, 5.74) is 2.23. The first-order valence-electron chi connectivity index (χ1n) is 8.86. The summed E-state index contributed by atoms with van der Waals surface area (Å²) in [5, 5.41) is 14.8. The zero-order valence-corrected chi connectivity index (χ0v) is 15.9. The third kappa shape index (κ3) is 7.62. The molecule has 0 spiro atoms. The summed E-state index contributed by atoms with van der Waals surface area (Å²) < 4.78 is 5.48. The molecular formula is C20H27NO6. The average Bonchev–Trinajstić information content (AvgIpc) is 2.66. The van der Waals surface area contributed by atoms with E-state index in [0.29, 0.717) is 12.5 Å². The number of ether oxygens (including phenoxy) is 1. The Morgan fingerprint density at radius 3 is 2.22 bits per heavy atom. The van der Waals surface area contributed by atoms with Gasteiger partial charge >= 0.3 is 17.9 Å². The first kappa shape index (κ1) is 22.4. The van der Waals surface area contributed by atoms with Gasteiger partial charge in [0.1, 0.15) is 0 Å². The highest BCUT2D eigenvalue weighted by atomic mass is 16.5. The molecule has 0 amide bonds. The molecule has 1 aromatic carbocycles. The van der Waals surface area contributed by atoms with Crippen molar-refractivity contribution in [3.63, 3.8) is 0 Å². The van der Waals surface area contributed by atoms with Crippen molar-refractivity contribution in [2.75, 3.05) is 26.2 Å². The van der Waals surface area contributed by atoms with E-state index in [0.717, 1.165) is 30.8 Å². The van der Waals surface area contributed by atoms with Gasteiger partial charge in [0.15, 0.2) is 0 Å². The maximum absolute atomic E-state index is 12.5. The number of aliphatic carboxylic acids is 2. The summed E-state index contributed by atoms with van der Waals surface area (Å²) in [6, 6.07) is 10.2. The highest BCUT2D eigenvalue weighted by molar-refractivity contribution is 6.27. The monoisotopic (exact) mass is 377 g/mol. The largest absolute Gasteiger partial charge is 0.473 e. The molecule has 0 aliphatic carbocycles. The second-order valence-electron chi connectivity index (χ2n) is 6.56. The highest BCUT2D eigenvalue weighted by Gasteiger charge is 2.30. The van der Waals surface area contributed by atoms with Gasteiger partial charge < -0.3 is 14.9 Å². The molecule has 7 nitrogen and oxygen atoms in total. The minimum Gasteiger partial charge on any atom is -0.473 e. The Balaban J connectivity index is 0.000000527. The molecule has 0 saturated heterocycles. The lowest BCUT2D eigenvalue weighted by molar-refractivity contribution is -0.159. The molecule has 0 fully saturated rings. The first-order chi connectivity index (χ1) is 12.8. The molecule has 148 valence electrons. The van der Waals surface area contributed by atoms with E-state index in [1.54, 1.807) is 0 Å². The number of hydrogen-bond acceptors (Lipinski definition) is 5. The van der Waals surface area contributed by atoms with E-state index >= 15 is 0 Å². The zero-order chi connectivity index (χ0) is 20.4. The summed E-state index contributed by atoms with van der Waals surface area (Å²) in [6.07, 6.45) is 2.17. The number of carbonyl (C=O) groups excluding carboxylic acids is 1. The molecular weight excluding hydrogens is 350 g/mol. The van der Waals surface area contributed by atoms with Crippen molar-refractivity contribution in [1.82, 2.24) is 4.90 Å². The highest BCUT2D eigenvalue weighted by Crippen LogP contribution is 2.29. The van der Waals surface area contributed by atoms with Crippen molar-refractivity contribution in [1.29, 1.82) is 0 Å². The van der Waals surface area contributed by atoms with E-state index in [-0.39, 0.29) is 11.9 Å². The van der Waals surface area contributed by atoms with Crippen LogP contribution in [-0.4, -0.2) is 59.3 Å². The summed E-state index contributed by atoms with van der Waals surface area (Å²) in [6.45, 7) is 9.32. The third-order valence-electron chi connectivity index (χ3n) is 3.97. The Morgan fingerprint density at radius 1 is 1.15 bits per heavy atom. The lowest BCUT2D eigenvalue weighted by Crippen LogP contribution is -2.38. The van der Waals surface area contributed by atoms with Gasteiger partial charge in [0.25, 0.3) is 0 Å². The van der Waals surface area contributed by atoms with Crippen LogP contribution in [0.2, 0.25) is 0 Å². The van der Waals surface area contributed by atoms with E-state index in [1.165, 1.54) is 0 Å². The molecule has 0 radical (unpaired) electrons. The number of nitrogens with zero attached hydrogens (tertiary/aromatic N) is 1. The smallest absolute Gasteiger partial charge is 0.414 e. The number of esters is 1. The van der Waals surface area contributed by atoms with Gasteiger partial charge in [-0.05, 0) is 23.6 Å². The summed E-state index contributed by atoms with van der Waals surface area (Å²) in [4.78, 5) is 32.9. The standard InChI is InChI=1S/C18H25NO2.C2H2O4/c1-4-19-11-10-16(15-8-6-5-7-9-15)17(12-19)18(20)21-13-14(2)3;3-1(4)2(5)6/h5-10,14,17H,4,11-13H2,1-3H3;(H,3,4)(H,5,6). The predicted molar refractivity (Wildman–Crippen MR) is 101 cm³/mol. The molecule has 1 aliphatic rings. The van der Waals surface area contributed by atoms with E-state index in [4.69, 9.17) is 24.5 Å². The predicted octanol–water partition coefficient (Wildman–Crippen LogP) is 2.38. The van der Waals surface area contributed by atoms with E-state index in [2.05, 4.69) is 43.9 Å². The molecule has 27 heavy (non-hydrogen) atoms. The number of benzene rings is 1. The van der Waals surface area contributed by atoms with Gasteiger partial charge in [-0.1, -0.05) is 57.2 Å². The van der Waals surface area contributed by atoms with E-state index in [1.807, 2.05) is 18.2 Å². The third-order valence-corrected chi connectivity index (χ3v) is 3.97. The number of likely N-dealkylation sites (N-methyl/N-ethyl adjacent to an activating group) is 1. The minimum absolute atomic E-state index is 0.100. The lowest BCUT2D eigenvalue weighted by atomic mass is 9.89. The molecule has 7 heteroatoms. The van der Waals surface area contributed by atoms with Crippen LogP contribution in [0.25, 0.3) is 5.57 Å². The van der Waals surface area contributed by atoms with Crippen molar-refractivity contribution in [2.45, 2.75) is 20.8 Å². The second kappa shape index (κ2) is 11.1. The van der Waals surface area contributed by atoms with Gasteiger partial charge in [0, 0.05) is 13.1 Å². The number of carboxylic acid groups (broad SMARTS) is 2. The fourth-order valence-electron chi connectivity index (χ4n) is 2.56. The maximum atomic E-state index is 12.5. The van der Waals surface area contributed by atoms with Gasteiger partial charge in [0.05, 0.1) is 12.5 Å². The van der Waals surface area contributed by atoms with Crippen molar-refractivity contribution in [2.24, 2.45) is 11.8 Å². The van der Waals surface area contributed by atoms with Crippen LogP contribution in [0, 0.1) is 11.8 Å². The molecule has 0 aromatic heterocycles. The molecule has 0 saturated carbocycles.